The molecule has 0 aliphatic heterocycles. The lowest BCUT2D eigenvalue weighted by atomic mass is 10.1. The Kier molecular flexibility index (Phi) is 6.60. The monoisotopic (exact) mass is 442 g/mol. The number of ether oxygens (including phenoxy) is 1. The van der Waals surface area contributed by atoms with Crippen molar-refractivity contribution < 1.29 is 22.3 Å². The lowest BCUT2D eigenvalue weighted by Crippen LogP contribution is -2.30. The Morgan fingerprint density at radius 3 is 2.35 bits per heavy atom. The molecule has 0 saturated carbocycles. The summed E-state index contributed by atoms with van der Waals surface area (Å²) in [5, 5.41) is 2.82. The molecule has 3 aromatic rings. The van der Waals surface area contributed by atoms with Gasteiger partial charge in [0.05, 0.1) is 31.3 Å². The maximum atomic E-state index is 14.2. The number of carbonyl (C=O) groups is 1. The summed E-state index contributed by atoms with van der Waals surface area (Å²) in [4.78, 5) is 12.6. The molecule has 0 radical (unpaired) electrons. The second-order valence-electron chi connectivity index (χ2n) is 7.08. The zero-order chi connectivity index (χ0) is 22.6. The van der Waals surface area contributed by atoms with Crippen molar-refractivity contribution in [2.24, 2.45) is 0 Å². The van der Waals surface area contributed by atoms with Gasteiger partial charge in [0.1, 0.15) is 11.6 Å². The molecule has 0 spiro atoms. The van der Waals surface area contributed by atoms with E-state index in [1.54, 1.807) is 36.4 Å². The van der Waals surface area contributed by atoms with Crippen LogP contribution < -0.4 is 14.4 Å². The summed E-state index contributed by atoms with van der Waals surface area (Å²) in [5.74, 6) is -0.412. The largest absolute Gasteiger partial charge is 0.495 e. The number of aryl methyl sites for hydroxylation is 1. The number of sulfonamides is 1. The van der Waals surface area contributed by atoms with Crippen molar-refractivity contribution in [3.8, 4) is 5.75 Å². The fraction of sp³-hybridized carbons (Fsp3) is 0.174. The molecule has 0 aromatic heterocycles. The van der Waals surface area contributed by atoms with E-state index >= 15 is 0 Å². The number of nitrogens with one attached hydrogen (secondary N) is 1. The number of hydrogen-bond acceptors (Lipinski definition) is 4. The van der Waals surface area contributed by atoms with Crippen LogP contribution in [0.4, 0.5) is 15.8 Å². The smallest absolute Gasteiger partial charge is 0.255 e. The number of halogens is 1. The third kappa shape index (κ3) is 5.40. The van der Waals surface area contributed by atoms with Crippen LogP contribution in [0, 0.1) is 12.7 Å². The van der Waals surface area contributed by atoms with E-state index in [0.717, 1.165) is 16.1 Å². The fourth-order valence-electron chi connectivity index (χ4n) is 3.08. The first-order chi connectivity index (χ1) is 14.7. The number of benzene rings is 3. The molecule has 162 valence electrons. The first kappa shape index (κ1) is 22.3. The van der Waals surface area contributed by atoms with Crippen LogP contribution in [0.3, 0.4) is 0 Å². The molecule has 3 aromatic carbocycles. The number of hydrogen-bond donors (Lipinski definition) is 1. The average molecular weight is 443 g/mol. The van der Waals surface area contributed by atoms with Gasteiger partial charge in [-0.1, -0.05) is 30.3 Å². The number of anilines is 2. The normalized spacial score (nSPS) is 11.1. The predicted molar refractivity (Wildman–Crippen MR) is 120 cm³/mol. The van der Waals surface area contributed by atoms with Crippen molar-refractivity contribution in [2.45, 2.75) is 13.5 Å². The summed E-state index contributed by atoms with van der Waals surface area (Å²) in [6.07, 6.45) is 1.02. The van der Waals surface area contributed by atoms with Crippen LogP contribution in [0.15, 0.2) is 66.7 Å². The SMILES string of the molecule is COc1ccc(C)cc1NC(=O)c1ccc(CN(c2ccccc2F)S(C)(=O)=O)cc1. The molecule has 0 unspecified atom stereocenters. The summed E-state index contributed by atoms with van der Waals surface area (Å²) in [5.41, 5.74) is 2.50. The number of carbonyl (C=O) groups excluding carboxylic acids is 1. The summed E-state index contributed by atoms with van der Waals surface area (Å²) in [7, 11) is -2.19. The maximum Gasteiger partial charge on any atom is 0.255 e. The highest BCUT2D eigenvalue weighted by atomic mass is 32.2. The van der Waals surface area contributed by atoms with E-state index in [4.69, 9.17) is 4.74 Å². The molecular formula is C23H23FN2O4S. The number of rotatable bonds is 7. The molecule has 0 bridgehead atoms. The molecule has 6 nitrogen and oxygen atoms in total. The quantitative estimate of drug-likeness (QED) is 0.590. The van der Waals surface area contributed by atoms with E-state index in [9.17, 15) is 17.6 Å². The molecular weight excluding hydrogens is 419 g/mol. The molecule has 0 aliphatic carbocycles. The lowest BCUT2D eigenvalue weighted by Gasteiger charge is -2.23. The Morgan fingerprint density at radius 2 is 1.74 bits per heavy atom. The van der Waals surface area contributed by atoms with Crippen LogP contribution in [0.2, 0.25) is 0 Å². The highest BCUT2D eigenvalue weighted by Crippen LogP contribution is 2.26. The first-order valence-electron chi connectivity index (χ1n) is 9.46. The Hall–Kier alpha value is -3.39. The molecule has 0 aliphatic rings. The van der Waals surface area contributed by atoms with Gasteiger partial charge in [0.25, 0.3) is 5.91 Å². The van der Waals surface area contributed by atoms with Crippen LogP contribution in [0.5, 0.6) is 5.75 Å². The van der Waals surface area contributed by atoms with Crippen molar-refractivity contribution in [1.82, 2.24) is 0 Å². The van der Waals surface area contributed by atoms with Gasteiger partial charge in [-0.05, 0) is 54.4 Å². The second kappa shape index (κ2) is 9.18. The predicted octanol–water partition coefficient (Wildman–Crippen LogP) is 4.36. The number of para-hydroxylation sites is 1. The van der Waals surface area contributed by atoms with E-state index in [1.807, 2.05) is 19.1 Å². The van der Waals surface area contributed by atoms with Crippen molar-refractivity contribution in [3.63, 3.8) is 0 Å². The third-order valence-electron chi connectivity index (χ3n) is 4.67. The van der Waals surface area contributed by atoms with Gasteiger partial charge in [0.2, 0.25) is 10.0 Å². The van der Waals surface area contributed by atoms with E-state index < -0.39 is 15.8 Å². The van der Waals surface area contributed by atoms with Gasteiger partial charge in [0.15, 0.2) is 0 Å². The highest BCUT2D eigenvalue weighted by molar-refractivity contribution is 7.92. The van der Waals surface area contributed by atoms with E-state index in [0.29, 0.717) is 22.6 Å². The molecule has 0 atom stereocenters. The van der Waals surface area contributed by atoms with Crippen LogP contribution in [0.1, 0.15) is 21.5 Å². The summed E-state index contributed by atoms with van der Waals surface area (Å²) < 4.78 is 44.9. The molecule has 1 amide bonds. The van der Waals surface area contributed by atoms with Crippen molar-refractivity contribution >= 4 is 27.3 Å². The Balaban J connectivity index is 1.80. The van der Waals surface area contributed by atoms with Crippen LogP contribution in [0.25, 0.3) is 0 Å². The molecule has 0 saturated heterocycles. The van der Waals surface area contributed by atoms with Gasteiger partial charge >= 0.3 is 0 Å². The van der Waals surface area contributed by atoms with Crippen molar-refractivity contribution in [1.29, 1.82) is 0 Å². The van der Waals surface area contributed by atoms with Crippen molar-refractivity contribution in [2.75, 3.05) is 23.0 Å². The Bertz CT molecular complexity index is 1190. The Labute approximate surface area is 181 Å². The highest BCUT2D eigenvalue weighted by Gasteiger charge is 2.21. The fourth-order valence-corrected chi connectivity index (χ4v) is 3.97. The lowest BCUT2D eigenvalue weighted by molar-refractivity contribution is 0.102. The van der Waals surface area contributed by atoms with E-state index in [-0.39, 0.29) is 18.1 Å². The second-order valence-corrected chi connectivity index (χ2v) is 8.98. The number of nitrogens with zero attached hydrogens (tertiary/aromatic N) is 1. The maximum absolute atomic E-state index is 14.2. The topological polar surface area (TPSA) is 75.7 Å². The van der Waals surface area contributed by atoms with Crippen LogP contribution in [-0.2, 0) is 16.6 Å². The minimum atomic E-state index is -3.72. The molecule has 1 N–H and O–H groups in total. The zero-order valence-electron chi connectivity index (χ0n) is 17.4. The minimum absolute atomic E-state index is 0.0293. The van der Waals surface area contributed by atoms with Gasteiger partial charge in [-0.15, -0.1) is 0 Å². The standard InChI is InChI=1S/C23H23FN2O4S/c1-16-8-13-22(30-2)20(14-16)25-23(27)18-11-9-17(10-12-18)15-26(31(3,28)29)21-7-5-4-6-19(21)24/h4-14H,15H2,1-3H3,(H,25,27). The first-order valence-corrected chi connectivity index (χ1v) is 11.3. The van der Waals surface area contributed by atoms with Gasteiger partial charge in [-0.3, -0.25) is 9.10 Å². The van der Waals surface area contributed by atoms with Gasteiger partial charge < -0.3 is 10.1 Å². The molecule has 0 fully saturated rings. The summed E-state index contributed by atoms with van der Waals surface area (Å²) >= 11 is 0. The van der Waals surface area contributed by atoms with Crippen LogP contribution in [-0.4, -0.2) is 27.7 Å². The molecule has 3 rings (SSSR count). The van der Waals surface area contributed by atoms with E-state index in [1.165, 1.54) is 25.3 Å². The molecule has 0 heterocycles. The zero-order valence-corrected chi connectivity index (χ0v) is 18.2. The number of amides is 1. The average Bonchev–Trinajstić information content (AvgIpc) is 2.72. The molecule has 31 heavy (non-hydrogen) atoms. The van der Waals surface area contributed by atoms with E-state index in [2.05, 4.69) is 5.32 Å². The Morgan fingerprint density at radius 1 is 1.06 bits per heavy atom. The van der Waals surface area contributed by atoms with Crippen LogP contribution >= 0.6 is 0 Å². The summed E-state index contributed by atoms with van der Waals surface area (Å²) in [6, 6.07) is 17.6. The summed E-state index contributed by atoms with van der Waals surface area (Å²) in [6.45, 7) is 1.85. The minimum Gasteiger partial charge on any atom is -0.495 e. The van der Waals surface area contributed by atoms with Crippen molar-refractivity contribution in [3.05, 3.63) is 89.2 Å². The number of methoxy groups -OCH3 is 1. The third-order valence-corrected chi connectivity index (χ3v) is 5.79. The molecule has 8 heteroatoms. The van der Waals surface area contributed by atoms with Gasteiger partial charge in [-0.25, -0.2) is 12.8 Å². The van der Waals surface area contributed by atoms with Gasteiger partial charge in [-0.2, -0.15) is 0 Å². The van der Waals surface area contributed by atoms with Gasteiger partial charge in [0, 0.05) is 5.56 Å².